The molecule has 1 unspecified atom stereocenters. The summed E-state index contributed by atoms with van der Waals surface area (Å²) in [7, 11) is 0. The van der Waals surface area contributed by atoms with Crippen molar-refractivity contribution < 1.29 is 5.11 Å². The molecule has 2 nitrogen and oxygen atoms in total. The van der Waals surface area contributed by atoms with Gasteiger partial charge >= 0.3 is 0 Å². The van der Waals surface area contributed by atoms with E-state index in [1.165, 1.54) is 56.3 Å². The quantitative estimate of drug-likeness (QED) is 0.803. The molecule has 1 fully saturated rings. The molecule has 0 bridgehead atoms. The highest BCUT2D eigenvalue weighted by Crippen LogP contribution is 2.28. The minimum Gasteiger partial charge on any atom is -0.508 e. The molecular formula is C15H21NO. The molecule has 1 aromatic carbocycles. The Bertz CT molecular complexity index is 396. The highest BCUT2D eigenvalue weighted by atomic mass is 16.3. The molecule has 2 aliphatic rings. The summed E-state index contributed by atoms with van der Waals surface area (Å²) in [6.07, 6.45) is 7.72. The van der Waals surface area contributed by atoms with Gasteiger partial charge in [0.25, 0.3) is 0 Å². The number of phenols is 1. The van der Waals surface area contributed by atoms with E-state index >= 15 is 0 Å². The van der Waals surface area contributed by atoms with E-state index in [0.717, 1.165) is 12.5 Å². The Kier molecular flexibility index (Phi) is 3.06. The molecule has 17 heavy (non-hydrogen) atoms. The van der Waals surface area contributed by atoms with Gasteiger partial charge in [-0.3, -0.25) is 0 Å². The average Bonchev–Trinajstić information content (AvgIpc) is 2.39. The van der Waals surface area contributed by atoms with E-state index in [2.05, 4.69) is 11.0 Å². The summed E-state index contributed by atoms with van der Waals surface area (Å²) in [4.78, 5) is 2.68. The maximum atomic E-state index is 9.49. The molecule has 1 saturated heterocycles. The summed E-state index contributed by atoms with van der Waals surface area (Å²) in [6.45, 7) is 2.58. The minimum absolute atomic E-state index is 0.417. The van der Waals surface area contributed by atoms with Crippen LogP contribution in [0.1, 0.15) is 36.8 Å². The molecule has 3 rings (SSSR count). The van der Waals surface area contributed by atoms with E-state index in [1.54, 1.807) is 0 Å². The molecular weight excluding hydrogens is 210 g/mol. The molecule has 1 aromatic rings. The first kappa shape index (κ1) is 11.1. The highest BCUT2D eigenvalue weighted by molar-refractivity contribution is 5.37. The van der Waals surface area contributed by atoms with E-state index in [4.69, 9.17) is 0 Å². The number of benzene rings is 1. The third-order valence-electron chi connectivity index (χ3n) is 4.30. The first-order valence-corrected chi connectivity index (χ1v) is 6.88. The number of phenolic OH excluding ortho intramolecular Hbond substituents is 1. The Morgan fingerprint density at radius 1 is 1.06 bits per heavy atom. The van der Waals surface area contributed by atoms with Gasteiger partial charge in [-0.15, -0.1) is 0 Å². The van der Waals surface area contributed by atoms with Crippen molar-refractivity contribution in [3.63, 3.8) is 0 Å². The Morgan fingerprint density at radius 3 is 2.71 bits per heavy atom. The van der Waals surface area contributed by atoms with Crippen LogP contribution in [-0.4, -0.2) is 29.1 Å². The van der Waals surface area contributed by atoms with Crippen molar-refractivity contribution in [2.24, 2.45) is 0 Å². The monoisotopic (exact) mass is 231 g/mol. The summed E-state index contributed by atoms with van der Waals surface area (Å²) >= 11 is 0. The van der Waals surface area contributed by atoms with Gasteiger partial charge in [0, 0.05) is 6.04 Å². The summed E-state index contributed by atoms with van der Waals surface area (Å²) in [5, 5.41) is 9.49. The van der Waals surface area contributed by atoms with Crippen molar-refractivity contribution in [2.75, 3.05) is 13.1 Å². The Morgan fingerprint density at radius 2 is 1.88 bits per heavy atom. The smallest absolute Gasteiger partial charge is 0.115 e. The zero-order chi connectivity index (χ0) is 11.7. The molecule has 1 N–H and O–H groups in total. The van der Waals surface area contributed by atoms with Gasteiger partial charge in [-0.2, -0.15) is 0 Å². The molecule has 0 radical (unpaired) electrons. The van der Waals surface area contributed by atoms with Crippen LogP contribution in [0, 0.1) is 0 Å². The third kappa shape index (κ3) is 2.32. The maximum Gasteiger partial charge on any atom is 0.115 e. The van der Waals surface area contributed by atoms with Crippen LogP contribution in [0.15, 0.2) is 18.2 Å². The van der Waals surface area contributed by atoms with Gasteiger partial charge < -0.3 is 10.0 Å². The molecule has 0 saturated carbocycles. The van der Waals surface area contributed by atoms with Crippen LogP contribution in [0.3, 0.4) is 0 Å². The molecule has 0 amide bonds. The molecule has 92 valence electrons. The number of hydrogen-bond acceptors (Lipinski definition) is 2. The summed E-state index contributed by atoms with van der Waals surface area (Å²) in [5.74, 6) is 0.417. The standard InChI is InChI=1S/C15H21NO/c17-15-7-5-12-10-14(6-4-13(12)11-15)16-8-2-1-3-9-16/h5,7,11,14,17H,1-4,6,8-10H2. The predicted molar refractivity (Wildman–Crippen MR) is 69.3 cm³/mol. The number of piperidine rings is 1. The lowest BCUT2D eigenvalue weighted by molar-refractivity contribution is 0.150. The number of aryl methyl sites for hydroxylation is 1. The molecule has 1 atom stereocenters. The van der Waals surface area contributed by atoms with Gasteiger partial charge in [-0.25, -0.2) is 0 Å². The lowest BCUT2D eigenvalue weighted by Crippen LogP contribution is -2.42. The Balaban J connectivity index is 1.73. The van der Waals surface area contributed by atoms with E-state index in [-0.39, 0.29) is 0 Å². The fraction of sp³-hybridized carbons (Fsp3) is 0.600. The van der Waals surface area contributed by atoms with E-state index in [9.17, 15) is 5.11 Å². The zero-order valence-corrected chi connectivity index (χ0v) is 10.4. The molecule has 1 aliphatic heterocycles. The summed E-state index contributed by atoms with van der Waals surface area (Å²) in [5.41, 5.74) is 2.81. The lowest BCUT2D eigenvalue weighted by Gasteiger charge is -2.37. The topological polar surface area (TPSA) is 23.5 Å². The normalized spacial score (nSPS) is 25.5. The summed E-state index contributed by atoms with van der Waals surface area (Å²) < 4.78 is 0. The first-order valence-electron chi connectivity index (χ1n) is 6.88. The van der Waals surface area contributed by atoms with Crippen molar-refractivity contribution >= 4 is 0 Å². The van der Waals surface area contributed by atoms with E-state index < -0.39 is 0 Å². The second-order valence-electron chi connectivity index (χ2n) is 5.45. The number of aromatic hydroxyl groups is 1. The van der Waals surface area contributed by atoms with Crippen LogP contribution in [0.2, 0.25) is 0 Å². The van der Waals surface area contributed by atoms with Crippen LogP contribution < -0.4 is 0 Å². The van der Waals surface area contributed by atoms with Crippen LogP contribution in [-0.2, 0) is 12.8 Å². The molecule has 1 heterocycles. The molecule has 0 aromatic heterocycles. The van der Waals surface area contributed by atoms with Crippen LogP contribution >= 0.6 is 0 Å². The van der Waals surface area contributed by atoms with Gasteiger partial charge in [0.1, 0.15) is 5.75 Å². The number of rotatable bonds is 1. The third-order valence-corrected chi connectivity index (χ3v) is 4.30. The van der Waals surface area contributed by atoms with Crippen LogP contribution in [0.5, 0.6) is 5.75 Å². The Labute approximate surface area is 103 Å². The zero-order valence-electron chi connectivity index (χ0n) is 10.4. The van der Waals surface area contributed by atoms with Crippen molar-refractivity contribution in [1.29, 1.82) is 0 Å². The number of fused-ring (bicyclic) bond motifs is 1. The minimum atomic E-state index is 0.417. The van der Waals surface area contributed by atoms with Crippen molar-refractivity contribution in [3.05, 3.63) is 29.3 Å². The van der Waals surface area contributed by atoms with Gasteiger partial charge in [0.15, 0.2) is 0 Å². The van der Waals surface area contributed by atoms with Crippen molar-refractivity contribution in [1.82, 2.24) is 4.90 Å². The molecule has 0 spiro atoms. The fourth-order valence-corrected chi connectivity index (χ4v) is 3.32. The van der Waals surface area contributed by atoms with E-state index in [1.807, 2.05) is 12.1 Å². The average molecular weight is 231 g/mol. The van der Waals surface area contributed by atoms with Crippen molar-refractivity contribution in [3.8, 4) is 5.75 Å². The fourth-order valence-electron chi connectivity index (χ4n) is 3.32. The number of hydrogen-bond donors (Lipinski definition) is 1. The van der Waals surface area contributed by atoms with Crippen LogP contribution in [0.4, 0.5) is 0 Å². The first-order chi connectivity index (χ1) is 8.33. The largest absolute Gasteiger partial charge is 0.508 e. The van der Waals surface area contributed by atoms with Gasteiger partial charge in [0.2, 0.25) is 0 Å². The second-order valence-corrected chi connectivity index (χ2v) is 5.45. The van der Waals surface area contributed by atoms with Gasteiger partial charge in [-0.1, -0.05) is 12.5 Å². The number of likely N-dealkylation sites (tertiary alicyclic amines) is 1. The highest BCUT2D eigenvalue weighted by Gasteiger charge is 2.25. The molecule has 2 heteroatoms. The SMILES string of the molecule is Oc1ccc2c(c1)CCC(N1CCCCC1)C2. The Hall–Kier alpha value is -1.02. The molecule has 1 aliphatic carbocycles. The lowest BCUT2D eigenvalue weighted by atomic mass is 9.86. The second kappa shape index (κ2) is 4.69. The maximum absolute atomic E-state index is 9.49. The summed E-state index contributed by atoms with van der Waals surface area (Å²) in [6, 6.07) is 6.63. The number of nitrogens with zero attached hydrogens (tertiary/aromatic N) is 1. The predicted octanol–water partition coefficient (Wildman–Crippen LogP) is 2.74. The van der Waals surface area contributed by atoms with E-state index in [0.29, 0.717) is 5.75 Å². The van der Waals surface area contributed by atoms with Gasteiger partial charge in [0.05, 0.1) is 0 Å². The van der Waals surface area contributed by atoms with Gasteiger partial charge in [-0.05, 0) is 68.5 Å². The van der Waals surface area contributed by atoms with Crippen LogP contribution in [0.25, 0.3) is 0 Å². The van der Waals surface area contributed by atoms with Crippen molar-refractivity contribution in [2.45, 2.75) is 44.6 Å².